The zero-order valence-corrected chi connectivity index (χ0v) is 17.7. The van der Waals surface area contributed by atoms with E-state index in [9.17, 15) is 19.2 Å². The summed E-state index contributed by atoms with van der Waals surface area (Å²) >= 11 is 11.8. The first-order valence-corrected chi connectivity index (χ1v) is 9.50. The molecule has 0 amide bonds. The predicted octanol–water partition coefficient (Wildman–Crippen LogP) is 2.06. The van der Waals surface area contributed by atoms with Crippen molar-refractivity contribution in [3.8, 4) is 0 Å². The third-order valence-corrected chi connectivity index (χ3v) is 4.71. The molecule has 1 aromatic heterocycles. The lowest BCUT2D eigenvalue weighted by molar-refractivity contribution is -0.141. The van der Waals surface area contributed by atoms with Crippen LogP contribution in [0.4, 0.5) is 5.82 Å². The highest BCUT2D eigenvalue weighted by atomic mass is 35.5. The van der Waals surface area contributed by atoms with Gasteiger partial charge in [-0.15, -0.1) is 0 Å². The van der Waals surface area contributed by atoms with Crippen LogP contribution < -0.4 is 17.0 Å². The summed E-state index contributed by atoms with van der Waals surface area (Å²) in [6, 6.07) is 4.63. The number of Topliss-reactive ketones (excluding diaryl/α,β-unsaturated/α-hetero) is 1. The second kappa shape index (κ2) is 9.28. The van der Waals surface area contributed by atoms with E-state index >= 15 is 0 Å². The van der Waals surface area contributed by atoms with Gasteiger partial charge in [-0.05, 0) is 23.6 Å². The topological polar surface area (TPSA) is 113 Å². The molecule has 156 valence electrons. The number of ether oxygens (including phenoxy) is 1. The number of halogens is 2. The molecule has 0 unspecified atom stereocenters. The van der Waals surface area contributed by atoms with Gasteiger partial charge in [0.15, 0.2) is 6.61 Å². The molecule has 29 heavy (non-hydrogen) atoms. The first-order valence-electron chi connectivity index (χ1n) is 8.75. The summed E-state index contributed by atoms with van der Waals surface area (Å²) in [7, 11) is 1.26. The number of anilines is 1. The van der Waals surface area contributed by atoms with Crippen molar-refractivity contribution in [3.05, 3.63) is 60.2 Å². The largest absolute Gasteiger partial charge is 0.457 e. The maximum Gasteiger partial charge on any atom is 0.332 e. The van der Waals surface area contributed by atoms with Crippen molar-refractivity contribution in [3.63, 3.8) is 0 Å². The fourth-order valence-corrected chi connectivity index (χ4v) is 3.15. The van der Waals surface area contributed by atoms with Gasteiger partial charge in [-0.1, -0.05) is 43.1 Å². The molecule has 0 bridgehead atoms. The van der Waals surface area contributed by atoms with E-state index in [-0.39, 0.29) is 30.3 Å². The normalized spacial score (nSPS) is 11.0. The van der Waals surface area contributed by atoms with E-state index in [0.717, 1.165) is 9.13 Å². The Hall–Kier alpha value is -2.58. The number of ketones is 1. The molecule has 0 radical (unpaired) electrons. The van der Waals surface area contributed by atoms with Crippen LogP contribution in [0.3, 0.4) is 0 Å². The van der Waals surface area contributed by atoms with Crippen LogP contribution in [0.5, 0.6) is 0 Å². The lowest BCUT2D eigenvalue weighted by Crippen LogP contribution is -2.43. The Labute approximate surface area is 176 Å². The maximum atomic E-state index is 12.5. The average molecular weight is 442 g/mol. The van der Waals surface area contributed by atoms with Gasteiger partial charge in [0, 0.05) is 23.6 Å². The SMILES string of the molecule is CC(C)Cn1c(N)c(C(=O)COC(=O)Cc2ccc(Cl)cc2Cl)c(=O)n(C)c1=O. The fourth-order valence-electron chi connectivity index (χ4n) is 2.68. The van der Waals surface area contributed by atoms with Crippen LogP contribution in [0.2, 0.25) is 10.0 Å². The summed E-state index contributed by atoms with van der Waals surface area (Å²) < 4.78 is 6.95. The van der Waals surface area contributed by atoms with E-state index in [4.69, 9.17) is 33.7 Å². The molecule has 10 heteroatoms. The molecular weight excluding hydrogens is 421 g/mol. The van der Waals surface area contributed by atoms with Gasteiger partial charge in [0.25, 0.3) is 5.56 Å². The Morgan fingerprint density at radius 2 is 1.86 bits per heavy atom. The Morgan fingerprint density at radius 3 is 2.45 bits per heavy atom. The first-order chi connectivity index (χ1) is 13.5. The number of esters is 1. The molecule has 2 aromatic rings. The number of carbonyl (C=O) groups excluding carboxylic acids is 2. The van der Waals surface area contributed by atoms with E-state index in [1.165, 1.54) is 13.1 Å². The monoisotopic (exact) mass is 441 g/mol. The van der Waals surface area contributed by atoms with Crippen molar-refractivity contribution in [1.29, 1.82) is 0 Å². The average Bonchev–Trinajstić information content (AvgIpc) is 2.64. The Bertz CT molecular complexity index is 1070. The molecule has 0 aliphatic carbocycles. The third kappa shape index (κ3) is 5.27. The number of hydrogen-bond acceptors (Lipinski definition) is 6. The molecule has 0 atom stereocenters. The lowest BCUT2D eigenvalue weighted by atomic mass is 10.1. The maximum absolute atomic E-state index is 12.5. The molecule has 0 saturated heterocycles. The van der Waals surface area contributed by atoms with Crippen LogP contribution in [0, 0.1) is 5.92 Å². The number of hydrogen-bond donors (Lipinski definition) is 1. The summed E-state index contributed by atoms with van der Waals surface area (Å²) in [6.45, 7) is 3.27. The van der Waals surface area contributed by atoms with Crippen LogP contribution in [-0.4, -0.2) is 27.5 Å². The van der Waals surface area contributed by atoms with Crippen molar-refractivity contribution in [2.75, 3.05) is 12.3 Å². The van der Waals surface area contributed by atoms with E-state index < -0.39 is 29.6 Å². The Kier molecular flexibility index (Phi) is 7.26. The van der Waals surface area contributed by atoms with Crippen molar-refractivity contribution in [2.24, 2.45) is 13.0 Å². The highest BCUT2D eigenvalue weighted by Gasteiger charge is 2.23. The van der Waals surface area contributed by atoms with Crippen molar-refractivity contribution >= 4 is 40.8 Å². The molecular formula is C19H21Cl2N3O5. The van der Waals surface area contributed by atoms with Crippen LogP contribution in [0.1, 0.15) is 29.8 Å². The second-order valence-corrected chi connectivity index (χ2v) is 7.75. The highest BCUT2D eigenvalue weighted by Crippen LogP contribution is 2.21. The van der Waals surface area contributed by atoms with Crippen molar-refractivity contribution < 1.29 is 14.3 Å². The lowest BCUT2D eigenvalue weighted by Gasteiger charge is -2.16. The molecule has 0 aliphatic heterocycles. The Morgan fingerprint density at radius 1 is 1.21 bits per heavy atom. The van der Waals surface area contributed by atoms with E-state index in [0.29, 0.717) is 15.6 Å². The number of nitrogen functional groups attached to an aromatic ring is 1. The van der Waals surface area contributed by atoms with Gasteiger partial charge in [-0.3, -0.25) is 23.5 Å². The van der Waals surface area contributed by atoms with Gasteiger partial charge < -0.3 is 10.5 Å². The second-order valence-electron chi connectivity index (χ2n) is 6.91. The minimum atomic E-state index is -0.839. The number of nitrogens with two attached hydrogens (primary N) is 1. The Balaban J connectivity index is 2.20. The molecule has 0 spiro atoms. The number of aromatic nitrogens is 2. The molecule has 1 heterocycles. The molecule has 0 fully saturated rings. The molecule has 2 N–H and O–H groups in total. The quantitative estimate of drug-likeness (QED) is 0.519. The minimum absolute atomic E-state index is 0.0532. The molecule has 2 rings (SSSR count). The van der Waals surface area contributed by atoms with Gasteiger partial charge in [-0.2, -0.15) is 0 Å². The summed E-state index contributed by atoms with van der Waals surface area (Å²) in [6.07, 6.45) is -0.177. The molecule has 0 aliphatic rings. The third-order valence-electron chi connectivity index (χ3n) is 4.12. The van der Waals surface area contributed by atoms with Crippen molar-refractivity contribution in [1.82, 2.24) is 9.13 Å². The highest BCUT2D eigenvalue weighted by molar-refractivity contribution is 6.35. The van der Waals surface area contributed by atoms with Crippen molar-refractivity contribution in [2.45, 2.75) is 26.8 Å². The van der Waals surface area contributed by atoms with Gasteiger partial charge in [0.05, 0.1) is 6.42 Å². The van der Waals surface area contributed by atoms with E-state index in [1.54, 1.807) is 12.1 Å². The van der Waals surface area contributed by atoms with Gasteiger partial charge in [-0.25, -0.2) is 4.79 Å². The number of rotatable bonds is 7. The number of nitrogens with zero attached hydrogens (tertiary/aromatic N) is 2. The van der Waals surface area contributed by atoms with Gasteiger partial charge in [0.2, 0.25) is 5.78 Å². The molecule has 0 saturated carbocycles. The summed E-state index contributed by atoms with van der Waals surface area (Å²) in [5, 5.41) is 0.713. The van der Waals surface area contributed by atoms with E-state index in [1.807, 2.05) is 13.8 Å². The minimum Gasteiger partial charge on any atom is -0.457 e. The number of benzene rings is 1. The summed E-state index contributed by atoms with van der Waals surface area (Å²) in [4.78, 5) is 49.2. The molecule has 8 nitrogen and oxygen atoms in total. The number of carbonyl (C=O) groups is 2. The fraction of sp³-hybridized carbons (Fsp3) is 0.368. The van der Waals surface area contributed by atoms with Crippen LogP contribution >= 0.6 is 23.2 Å². The zero-order chi connectivity index (χ0) is 21.9. The van der Waals surface area contributed by atoms with Gasteiger partial charge >= 0.3 is 11.7 Å². The summed E-state index contributed by atoms with van der Waals surface area (Å²) in [5.41, 5.74) is 4.57. The first kappa shape index (κ1) is 22.7. The standard InChI is InChI=1S/C19H21Cl2N3O5/c1-10(2)8-24-17(22)16(18(27)23(3)19(24)28)14(25)9-29-15(26)6-11-4-5-12(20)7-13(11)21/h4-5,7,10H,6,8-9,22H2,1-3H3. The van der Waals surface area contributed by atoms with Crippen LogP contribution in [0.25, 0.3) is 0 Å². The zero-order valence-electron chi connectivity index (χ0n) is 16.2. The summed E-state index contributed by atoms with van der Waals surface area (Å²) in [5.74, 6) is -1.70. The van der Waals surface area contributed by atoms with Crippen LogP contribution in [0.15, 0.2) is 27.8 Å². The van der Waals surface area contributed by atoms with Gasteiger partial charge in [0.1, 0.15) is 11.4 Å². The molecule has 1 aromatic carbocycles. The smallest absolute Gasteiger partial charge is 0.332 e. The predicted molar refractivity (Wildman–Crippen MR) is 111 cm³/mol. The van der Waals surface area contributed by atoms with Crippen LogP contribution in [-0.2, 0) is 29.5 Å². The van der Waals surface area contributed by atoms with E-state index in [2.05, 4.69) is 0 Å².